The number of thiazole rings is 1. The molecule has 1 aromatic heterocycles. The van der Waals surface area contributed by atoms with Gasteiger partial charge in [-0.05, 0) is 24.3 Å². The number of carbonyl (C=O) groups is 1. The van der Waals surface area contributed by atoms with E-state index in [1.165, 1.54) is 23.4 Å². The van der Waals surface area contributed by atoms with Gasteiger partial charge in [0.2, 0.25) is 15.9 Å². The molecule has 0 fully saturated rings. The number of aromatic nitrogens is 1. The van der Waals surface area contributed by atoms with E-state index in [1.807, 2.05) is 30.3 Å². The summed E-state index contributed by atoms with van der Waals surface area (Å²) in [7, 11) is -3.61. The molecule has 2 aromatic carbocycles. The minimum absolute atomic E-state index is 0.196. The van der Waals surface area contributed by atoms with E-state index in [0.717, 1.165) is 21.1 Å². The average molecular weight is 414 g/mol. The largest absolute Gasteiger partial charge is 0.326 e. The standard InChI is InChI=1S/C20H19N3O3S2/c1-14(24)21-16-7-9-17(10-8-16)28(25,26)23-12-11-18-19(13-23)27-20(22-18)15-5-3-2-4-6-15/h2-10H,11-13H2,1H3,(H,21,24). The number of hydrogen-bond donors (Lipinski definition) is 1. The number of anilines is 1. The van der Waals surface area contributed by atoms with Gasteiger partial charge in [-0.2, -0.15) is 4.31 Å². The van der Waals surface area contributed by atoms with Crippen LogP contribution in [0.5, 0.6) is 0 Å². The maximum atomic E-state index is 13.0. The summed E-state index contributed by atoms with van der Waals surface area (Å²) in [5, 5.41) is 3.56. The Kier molecular flexibility index (Phi) is 5.01. The van der Waals surface area contributed by atoms with Crippen molar-refractivity contribution in [3.63, 3.8) is 0 Å². The summed E-state index contributed by atoms with van der Waals surface area (Å²) < 4.78 is 27.6. The molecule has 0 unspecified atom stereocenters. The van der Waals surface area contributed by atoms with Crippen molar-refractivity contribution in [3.8, 4) is 10.6 Å². The zero-order valence-electron chi connectivity index (χ0n) is 15.3. The molecule has 3 aromatic rings. The van der Waals surface area contributed by atoms with Crippen molar-refractivity contribution < 1.29 is 13.2 Å². The highest BCUT2D eigenvalue weighted by Crippen LogP contribution is 2.33. The third-order valence-corrected chi connectivity index (χ3v) is 7.52. The molecule has 0 saturated carbocycles. The van der Waals surface area contributed by atoms with E-state index in [2.05, 4.69) is 5.32 Å². The first-order chi connectivity index (χ1) is 13.4. The molecule has 0 aliphatic carbocycles. The summed E-state index contributed by atoms with van der Waals surface area (Å²) in [4.78, 5) is 17.0. The van der Waals surface area contributed by atoms with Gasteiger partial charge >= 0.3 is 0 Å². The number of sulfonamides is 1. The van der Waals surface area contributed by atoms with Crippen LogP contribution in [-0.2, 0) is 27.8 Å². The smallest absolute Gasteiger partial charge is 0.243 e. The van der Waals surface area contributed by atoms with Crippen molar-refractivity contribution in [1.29, 1.82) is 0 Å². The minimum atomic E-state index is -3.61. The van der Waals surface area contributed by atoms with Crippen LogP contribution in [0.2, 0.25) is 0 Å². The summed E-state index contributed by atoms with van der Waals surface area (Å²) in [6.07, 6.45) is 0.599. The summed E-state index contributed by atoms with van der Waals surface area (Å²) in [6, 6.07) is 16.2. The van der Waals surface area contributed by atoms with Gasteiger partial charge < -0.3 is 5.32 Å². The van der Waals surface area contributed by atoms with Gasteiger partial charge in [-0.1, -0.05) is 30.3 Å². The summed E-state index contributed by atoms with van der Waals surface area (Å²) in [5.74, 6) is -0.196. The van der Waals surface area contributed by atoms with Gasteiger partial charge in [-0.25, -0.2) is 13.4 Å². The molecule has 4 rings (SSSR count). The molecular formula is C20H19N3O3S2. The fourth-order valence-corrected chi connectivity index (χ4v) is 5.76. The van der Waals surface area contributed by atoms with Gasteiger partial charge in [0.05, 0.1) is 17.1 Å². The fourth-order valence-electron chi connectivity index (χ4n) is 3.14. The third kappa shape index (κ3) is 3.71. The molecule has 28 heavy (non-hydrogen) atoms. The van der Waals surface area contributed by atoms with E-state index < -0.39 is 10.0 Å². The van der Waals surface area contributed by atoms with Gasteiger partial charge in [-0.15, -0.1) is 11.3 Å². The Morgan fingerprint density at radius 2 is 1.82 bits per heavy atom. The maximum absolute atomic E-state index is 13.0. The molecule has 1 aliphatic rings. The molecule has 1 N–H and O–H groups in total. The summed E-state index contributed by atoms with van der Waals surface area (Å²) in [6.45, 7) is 2.14. The van der Waals surface area contributed by atoms with Gasteiger partial charge in [0, 0.05) is 36.0 Å². The maximum Gasteiger partial charge on any atom is 0.243 e. The van der Waals surface area contributed by atoms with Crippen molar-refractivity contribution in [3.05, 3.63) is 65.2 Å². The molecule has 1 amide bonds. The highest BCUT2D eigenvalue weighted by molar-refractivity contribution is 7.89. The lowest BCUT2D eigenvalue weighted by atomic mass is 10.2. The molecule has 0 atom stereocenters. The number of carbonyl (C=O) groups excluding carboxylic acids is 1. The Morgan fingerprint density at radius 3 is 2.50 bits per heavy atom. The Morgan fingerprint density at radius 1 is 1.11 bits per heavy atom. The molecule has 144 valence electrons. The van der Waals surface area contributed by atoms with Crippen LogP contribution in [0.4, 0.5) is 5.69 Å². The first kappa shape index (κ1) is 18.8. The Hall–Kier alpha value is -2.55. The average Bonchev–Trinajstić information content (AvgIpc) is 3.12. The SMILES string of the molecule is CC(=O)Nc1ccc(S(=O)(=O)N2CCc3nc(-c4ccccc4)sc3C2)cc1. The Balaban J connectivity index is 1.56. The first-order valence-corrected chi connectivity index (χ1v) is 11.1. The van der Waals surface area contributed by atoms with E-state index in [1.54, 1.807) is 23.5 Å². The Labute approximate surface area is 167 Å². The zero-order valence-corrected chi connectivity index (χ0v) is 16.9. The molecule has 6 nitrogen and oxygen atoms in total. The quantitative estimate of drug-likeness (QED) is 0.710. The van der Waals surface area contributed by atoms with Crippen LogP contribution in [0.1, 0.15) is 17.5 Å². The molecule has 0 radical (unpaired) electrons. The predicted octanol–water partition coefficient (Wildman–Crippen LogP) is 3.52. The molecule has 0 spiro atoms. The van der Waals surface area contributed by atoms with Crippen molar-refractivity contribution >= 4 is 33.0 Å². The number of hydrogen-bond acceptors (Lipinski definition) is 5. The number of nitrogens with zero attached hydrogens (tertiary/aromatic N) is 2. The molecule has 0 saturated heterocycles. The van der Waals surface area contributed by atoms with Crippen LogP contribution in [0.25, 0.3) is 10.6 Å². The van der Waals surface area contributed by atoms with Crippen LogP contribution in [-0.4, -0.2) is 30.2 Å². The molecule has 0 bridgehead atoms. The number of amides is 1. The molecular weight excluding hydrogens is 394 g/mol. The predicted molar refractivity (Wildman–Crippen MR) is 110 cm³/mol. The van der Waals surface area contributed by atoms with Crippen LogP contribution in [0.3, 0.4) is 0 Å². The second kappa shape index (κ2) is 7.46. The fraction of sp³-hybridized carbons (Fsp3) is 0.200. The van der Waals surface area contributed by atoms with Crippen LogP contribution in [0.15, 0.2) is 59.5 Å². The Bertz CT molecular complexity index is 1110. The number of benzene rings is 2. The van der Waals surface area contributed by atoms with E-state index >= 15 is 0 Å². The second-order valence-electron chi connectivity index (χ2n) is 6.55. The highest BCUT2D eigenvalue weighted by Gasteiger charge is 2.30. The van der Waals surface area contributed by atoms with Gasteiger partial charge in [0.25, 0.3) is 0 Å². The van der Waals surface area contributed by atoms with Crippen LogP contribution < -0.4 is 5.32 Å². The normalized spacial score (nSPS) is 14.5. The zero-order chi connectivity index (χ0) is 19.7. The third-order valence-electron chi connectivity index (χ3n) is 4.53. The number of fused-ring (bicyclic) bond motifs is 1. The van der Waals surface area contributed by atoms with E-state index in [0.29, 0.717) is 25.2 Å². The van der Waals surface area contributed by atoms with Crippen molar-refractivity contribution in [2.45, 2.75) is 24.8 Å². The lowest BCUT2D eigenvalue weighted by molar-refractivity contribution is -0.114. The van der Waals surface area contributed by atoms with Gasteiger partial charge in [0.15, 0.2) is 0 Å². The van der Waals surface area contributed by atoms with E-state index in [-0.39, 0.29) is 10.8 Å². The second-order valence-corrected chi connectivity index (χ2v) is 9.57. The van der Waals surface area contributed by atoms with Crippen molar-refractivity contribution in [2.75, 3.05) is 11.9 Å². The van der Waals surface area contributed by atoms with Gasteiger partial charge in [-0.3, -0.25) is 4.79 Å². The number of nitrogens with one attached hydrogen (secondary N) is 1. The van der Waals surface area contributed by atoms with Crippen molar-refractivity contribution in [2.24, 2.45) is 0 Å². The number of rotatable bonds is 4. The van der Waals surface area contributed by atoms with Crippen molar-refractivity contribution in [1.82, 2.24) is 9.29 Å². The van der Waals surface area contributed by atoms with E-state index in [4.69, 9.17) is 4.98 Å². The summed E-state index contributed by atoms with van der Waals surface area (Å²) >= 11 is 1.55. The highest BCUT2D eigenvalue weighted by atomic mass is 32.2. The topological polar surface area (TPSA) is 79.4 Å². The van der Waals surface area contributed by atoms with Crippen LogP contribution >= 0.6 is 11.3 Å². The molecule has 8 heteroatoms. The summed E-state index contributed by atoms with van der Waals surface area (Å²) in [5.41, 5.74) is 2.60. The lowest BCUT2D eigenvalue weighted by Crippen LogP contribution is -2.35. The minimum Gasteiger partial charge on any atom is -0.326 e. The lowest BCUT2D eigenvalue weighted by Gasteiger charge is -2.25. The molecule has 2 heterocycles. The first-order valence-electron chi connectivity index (χ1n) is 8.85. The molecule has 1 aliphatic heterocycles. The van der Waals surface area contributed by atoms with E-state index in [9.17, 15) is 13.2 Å². The monoisotopic (exact) mass is 413 g/mol. The van der Waals surface area contributed by atoms with Gasteiger partial charge in [0.1, 0.15) is 5.01 Å². The van der Waals surface area contributed by atoms with Crippen LogP contribution in [0, 0.1) is 0 Å².